The second-order valence-electron chi connectivity index (χ2n) is 3.04. The quantitative estimate of drug-likeness (QED) is 0.453. The van der Waals surface area contributed by atoms with Crippen LogP contribution in [0.4, 0.5) is 0 Å². The van der Waals surface area contributed by atoms with Gasteiger partial charge in [-0.1, -0.05) is 13.0 Å². The lowest BCUT2D eigenvalue weighted by Crippen LogP contribution is -3.00. The number of allylic oxidation sites excluding steroid dienone is 1. The van der Waals surface area contributed by atoms with Gasteiger partial charge < -0.3 is 18.1 Å². The van der Waals surface area contributed by atoms with Crippen molar-refractivity contribution in [2.45, 2.75) is 32.2 Å². The number of quaternary nitrogens is 1. The molecule has 60 valence electrons. The lowest BCUT2D eigenvalue weighted by atomic mass is 10.2. The van der Waals surface area contributed by atoms with E-state index in [0.717, 1.165) is 5.92 Å². The zero-order valence-electron chi connectivity index (χ0n) is 6.73. The van der Waals surface area contributed by atoms with Crippen LogP contribution in [-0.4, -0.2) is 5.54 Å². The Hall–Kier alpha value is -0.0100. The van der Waals surface area contributed by atoms with Crippen molar-refractivity contribution in [2.24, 2.45) is 5.92 Å². The van der Waals surface area contributed by atoms with Gasteiger partial charge in [0.2, 0.25) is 0 Å². The van der Waals surface area contributed by atoms with E-state index in [4.69, 9.17) is 0 Å². The third-order valence-corrected chi connectivity index (χ3v) is 2.27. The van der Waals surface area contributed by atoms with Crippen LogP contribution >= 0.6 is 0 Å². The van der Waals surface area contributed by atoms with Crippen molar-refractivity contribution in [3.8, 4) is 0 Å². The highest BCUT2D eigenvalue weighted by Crippen LogP contribution is 2.42. The molecule has 0 aromatic heterocycles. The molecule has 3 N–H and O–H groups in total. The van der Waals surface area contributed by atoms with E-state index < -0.39 is 0 Å². The monoisotopic (exact) mass is 161 g/mol. The van der Waals surface area contributed by atoms with E-state index in [9.17, 15) is 0 Å². The molecule has 1 aliphatic carbocycles. The lowest BCUT2D eigenvalue weighted by molar-refractivity contribution is -0.425. The first-order valence-electron chi connectivity index (χ1n) is 3.72. The molecule has 0 aromatic carbocycles. The second-order valence-corrected chi connectivity index (χ2v) is 3.04. The zero-order chi connectivity index (χ0) is 6.91. The van der Waals surface area contributed by atoms with Crippen LogP contribution in [0.25, 0.3) is 0 Å². The fraction of sp³-hybridized carbons (Fsp3) is 0.750. The second kappa shape index (κ2) is 3.40. The van der Waals surface area contributed by atoms with Gasteiger partial charge in [-0.2, -0.15) is 0 Å². The molecule has 0 saturated heterocycles. The molecule has 1 rings (SSSR count). The van der Waals surface area contributed by atoms with Crippen molar-refractivity contribution in [3.63, 3.8) is 0 Å². The first kappa shape index (κ1) is 9.99. The predicted molar refractivity (Wildman–Crippen MR) is 38.8 cm³/mol. The molecule has 1 nitrogen and oxygen atoms in total. The third kappa shape index (κ3) is 1.74. The minimum Gasteiger partial charge on any atom is -1.00 e. The smallest absolute Gasteiger partial charge is 0.117 e. The maximum atomic E-state index is 4.14. The molecule has 0 aromatic rings. The van der Waals surface area contributed by atoms with E-state index >= 15 is 0 Å². The topological polar surface area (TPSA) is 27.6 Å². The van der Waals surface area contributed by atoms with Crippen molar-refractivity contribution < 1.29 is 18.1 Å². The van der Waals surface area contributed by atoms with Crippen molar-refractivity contribution >= 4 is 0 Å². The van der Waals surface area contributed by atoms with Crippen LogP contribution in [-0.2, 0) is 0 Å². The van der Waals surface area contributed by atoms with Gasteiger partial charge in [0.25, 0.3) is 0 Å². The third-order valence-electron chi connectivity index (χ3n) is 2.27. The van der Waals surface area contributed by atoms with Gasteiger partial charge in [-0.25, -0.2) is 0 Å². The molecule has 2 heteroatoms. The molecule has 0 spiro atoms. The minimum atomic E-state index is 0. The Labute approximate surface area is 69.1 Å². The first-order valence-corrected chi connectivity index (χ1v) is 3.72. The standard InChI is InChI=1S/C8H15N.ClH/c1-3-5-8(9)6-7(8)4-2;/h3,5,7H,4,6,9H2,1-2H3;1H/b5-3-;/t7-,8+;/m1./s1. The average Bonchev–Trinajstić information content (AvgIpc) is 2.43. The number of rotatable bonds is 2. The van der Waals surface area contributed by atoms with Gasteiger partial charge in [0.15, 0.2) is 0 Å². The van der Waals surface area contributed by atoms with E-state index in [1.165, 1.54) is 12.8 Å². The zero-order valence-corrected chi connectivity index (χ0v) is 7.49. The molecule has 1 aliphatic rings. The van der Waals surface area contributed by atoms with E-state index in [0.29, 0.717) is 5.54 Å². The van der Waals surface area contributed by atoms with Crippen LogP contribution in [0.3, 0.4) is 0 Å². The summed E-state index contributed by atoms with van der Waals surface area (Å²) in [6.45, 7) is 4.30. The Kier molecular flexibility index (Phi) is 3.40. The minimum absolute atomic E-state index is 0. The Morgan fingerprint density at radius 1 is 1.70 bits per heavy atom. The van der Waals surface area contributed by atoms with Gasteiger partial charge >= 0.3 is 0 Å². The van der Waals surface area contributed by atoms with E-state index in [1.54, 1.807) is 0 Å². The van der Waals surface area contributed by atoms with Crippen molar-refractivity contribution in [1.29, 1.82) is 0 Å². The predicted octanol–water partition coefficient (Wildman–Crippen LogP) is -2.02. The van der Waals surface area contributed by atoms with Gasteiger partial charge in [0.05, 0.1) is 0 Å². The van der Waals surface area contributed by atoms with Gasteiger partial charge in [-0.05, 0) is 19.4 Å². The Bertz CT molecular complexity index is 133. The molecule has 0 bridgehead atoms. The molecule has 1 fully saturated rings. The highest BCUT2D eigenvalue weighted by molar-refractivity contribution is 5.14. The van der Waals surface area contributed by atoms with Crippen LogP contribution in [0, 0.1) is 5.92 Å². The fourth-order valence-corrected chi connectivity index (χ4v) is 1.49. The molecule has 0 heterocycles. The van der Waals surface area contributed by atoms with Crippen molar-refractivity contribution in [1.82, 2.24) is 0 Å². The summed E-state index contributed by atoms with van der Waals surface area (Å²) < 4.78 is 0. The Morgan fingerprint density at radius 2 is 2.30 bits per heavy atom. The van der Waals surface area contributed by atoms with Crippen LogP contribution in [0.15, 0.2) is 12.2 Å². The maximum absolute atomic E-state index is 4.14. The van der Waals surface area contributed by atoms with Gasteiger partial charge in [-0.3, -0.25) is 0 Å². The van der Waals surface area contributed by atoms with E-state index in [1.807, 2.05) is 0 Å². The highest BCUT2D eigenvalue weighted by Gasteiger charge is 2.51. The lowest BCUT2D eigenvalue weighted by Gasteiger charge is -1.96. The molecule has 10 heavy (non-hydrogen) atoms. The molecule has 0 amide bonds. The molecule has 1 saturated carbocycles. The van der Waals surface area contributed by atoms with Crippen LogP contribution < -0.4 is 18.1 Å². The summed E-state index contributed by atoms with van der Waals surface area (Å²) in [4.78, 5) is 0. The Balaban J connectivity index is 0.000000810. The Morgan fingerprint density at radius 3 is 2.60 bits per heavy atom. The highest BCUT2D eigenvalue weighted by atomic mass is 35.5. The van der Waals surface area contributed by atoms with Crippen LogP contribution in [0.2, 0.25) is 0 Å². The molecular weight excluding hydrogens is 146 g/mol. The van der Waals surface area contributed by atoms with Gasteiger partial charge in [-0.15, -0.1) is 0 Å². The van der Waals surface area contributed by atoms with E-state index in [-0.39, 0.29) is 12.4 Å². The average molecular weight is 162 g/mol. The fourth-order valence-electron chi connectivity index (χ4n) is 1.49. The number of hydrogen-bond donors (Lipinski definition) is 1. The summed E-state index contributed by atoms with van der Waals surface area (Å²) in [6.07, 6.45) is 6.94. The number of hydrogen-bond acceptors (Lipinski definition) is 0. The summed E-state index contributed by atoms with van der Waals surface area (Å²) in [6, 6.07) is 0. The number of halogens is 1. The molecule has 0 unspecified atom stereocenters. The molecular formula is C8H16ClN. The van der Waals surface area contributed by atoms with E-state index in [2.05, 4.69) is 31.7 Å². The van der Waals surface area contributed by atoms with Gasteiger partial charge in [0, 0.05) is 12.3 Å². The summed E-state index contributed by atoms with van der Waals surface area (Å²) in [7, 11) is 0. The summed E-state index contributed by atoms with van der Waals surface area (Å²) >= 11 is 0. The van der Waals surface area contributed by atoms with Gasteiger partial charge in [0.1, 0.15) is 5.54 Å². The molecule has 2 atom stereocenters. The van der Waals surface area contributed by atoms with Crippen molar-refractivity contribution in [2.75, 3.05) is 0 Å². The van der Waals surface area contributed by atoms with Crippen LogP contribution in [0.1, 0.15) is 26.7 Å². The summed E-state index contributed by atoms with van der Waals surface area (Å²) in [5.74, 6) is 0.869. The molecule has 0 radical (unpaired) electrons. The largest absolute Gasteiger partial charge is 1.00 e. The van der Waals surface area contributed by atoms with Crippen molar-refractivity contribution in [3.05, 3.63) is 12.2 Å². The molecule has 0 aliphatic heterocycles. The normalized spacial score (nSPS) is 37.7. The summed E-state index contributed by atoms with van der Waals surface area (Å²) in [5, 5.41) is 0. The summed E-state index contributed by atoms with van der Waals surface area (Å²) in [5.41, 5.74) is 4.47. The van der Waals surface area contributed by atoms with Crippen LogP contribution in [0.5, 0.6) is 0 Å². The SMILES string of the molecule is C/C=C\[C@]1([NH3+])C[C@H]1CC.[Cl-]. The maximum Gasteiger partial charge on any atom is 0.117 e. The first-order chi connectivity index (χ1) is 4.23.